The van der Waals surface area contributed by atoms with E-state index in [4.69, 9.17) is 9.84 Å². The monoisotopic (exact) mass is 231 g/mol. The van der Waals surface area contributed by atoms with Gasteiger partial charge in [-0.2, -0.15) is 0 Å². The number of carbonyl (C=O) groups excluding carboxylic acids is 1. The molecule has 0 aromatic carbocycles. The van der Waals surface area contributed by atoms with Crippen LogP contribution in [0.5, 0.6) is 0 Å². The molecule has 0 saturated carbocycles. The molecule has 0 aliphatic heterocycles. The Morgan fingerprint density at radius 1 is 1.31 bits per heavy atom. The van der Waals surface area contributed by atoms with Crippen LogP contribution in [0, 0.1) is 5.41 Å². The second-order valence-electron chi connectivity index (χ2n) is 4.01. The fourth-order valence-electron chi connectivity index (χ4n) is 1.21. The van der Waals surface area contributed by atoms with Gasteiger partial charge in [0.1, 0.15) is 5.41 Å². The predicted octanol–water partition coefficient (Wildman–Crippen LogP) is 0.982. The third kappa shape index (κ3) is 3.81. The highest BCUT2D eigenvalue weighted by atomic mass is 16.5. The molecule has 0 heterocycles. The van der Waals surface area contributed by atoms with Gasteiger partial charge >= 0.3 is 5.97 Å². The number of carboxylic acids is 1. The number of hydrogen-bond donors (Lipinski definition) is 1. The molecule has 0 unspecified atom stereocenters. The number of carbonyl (C=O) groups is 2. The Morgan fingerprint density at radius 3 is 2.25 bits per heavy atom. The summed E-state index contributed by atoms with van der Waals surface area (Å²) in [6, 6.07) is 0. The third-order valence-electron chi connectivity index (χ3n) is 2.45. The summed E-state index contributed by atoms with van der Waals surface area (Å²) in [5.41, 5.74) is -1.37. The van der Waals surface area contributed by atoms with E-state index in [0.29, 0.717) is 26.3 Å². The number of rotatable bonds is 7. The van der Waals surface area contributed by atoms with Crippen LogP contribution in [0.25, 0.3) is 0 Å². The van der Waals surface area contributed by atoms with Crippen molar-refractivity contribution in [2.75, 3.05) is 26.3 Å². The van der Waals surface area contributed by atoms with Crippen LogP contribution in [0.4, 0.5) is 0 Å². The zero-order valence-corrected chi connectivity index (χ0v) is 10.4. The van der Waals surface area contributed by atoms with Gasteiger partial charge in [0.05, 0.1) is 6.61 Å². The van der Waals surface area contributed by atoms with Gasteiger partial charge in [0.2, 0.25) is 5.91 Å². The van der Waals surface area contributed by atoms with Gasteiger partial charge in [-0.3, -0.25) is 9.59 Å². The van der Waals surface area contributed by atoms with Crippen LogP contribution >= 0.6 is 0 Å². The maximum absolute atomic E-state index is 11.9. The number of likely N-dealkylation sites (N-methyl/N-ethyl adjacent to an activating group) is 1. The molecular weight excluding hydrogens is 210 g/mol. The van der Waals surface area contributed by atoms with Crippen molar-refractivity contribution in [3.05, 3.63) is 0 Å². The molecule has 0 saturated heterocycles. The van der Waals surface area contributed by atoms with Gasteiger partial charge < -0.3 is 14.7 Å². The number of hydrogen-bond acceptors (Lipinski definition) is 3. The van der Waals surface area contributed by atoms with E-state index in [2.05, 4.69) is 0 Å². The minimum atomic E-state index is -1.37. The van der Waals surface area contributed by atoms with Crippen LogP contribution in [0.1, 0.15) is 27.7 Å². The highest BCUT2D eigenvalue weighted by Gasteiger charge is 2.38. The molecule has 0 aliphatic rings. The molecule has 94 valence electrons. The normalized spacial score (nSPS) is 11.2. The molecular formula is C11H21NO4. The van der Waals surface area contributed by atoms with Crippen LogP contribution in [-0.2, 0) is 14.3 Å². The van der Waals surface area contributed by atoms with Crippen molar-refractivity contribution < 1.29 is 19.4 Å². The summed E-state index contributed by atoms with van der Waals surface area (Å²) in [5, 5.41) is 8.95. The summed E-state index contributed by atoms with van der Waals surface area (Å²) in [7, 11) is 0. The van der Waals surface area contributed by atoms with Crippen molar-refractivity contribution in [3.8, 4) is 0 Å². The number of ether oxygens (including phenoxy) is 1. The first-order chi connectivity index (χ1) is 7.37. The number of aliphatic carboxylic acids is 1. The summed E-state index contributed by atoms with van der Waals surface area (Å²) in [4.78, 5) is 24.4. The maximum Gasteiger partial charge on any atom is 0.318 e. The molecule has 0 aromatic heterocycles. The van der Waals surface area contributed by atoms with Crippen LogP contribution in [0.2, 0.25) is 0 Å². The van der Waals surface area contributed by atoms with Gasteiger partial charge in [-0.05, 0) is 27.7 Å². The lowest BCUT2D eigenvalue weighted by molar-refractivity contribution is -0.158. The molecule has 1 N–H and O–H groups in total. The minimum Gasteiger partial charge on any atom is -0.480 e. The Hall–Kier alpha value is -1.10. The minimum absolute atomic E-state index is 0.373. The van der Waals surface area contributed by atoms with E-state index >= 15 is 0 Å². The van der Waals surface area contributed by atoms with Gasteiger partial charge in [0.25, 0.3) is 0 Å². The largest absolute Gasteiger partial charge is 0.480 e. The van der Waals surface area contributed by atoms with Crippen LogP contribution < -0.4 is 0 Å². The van der Waals surface area contributed by atoms with Gasteiger partial charge in [0, 0.05) is 19.7 Å². The van der Waals surface area contributed by atoms with Crippen molar-refractivity contribution in [1.82, 2.24) is 4.90 Å². The van der Waals surface area contributed by atoms with E-state index < -0.39 is 11.4 Å². The Bertz CT molecular complexity index is 250. The molecule has 0 aromatic rings. The number of amides is 1. The van der Waals surface area contributed by atoms with Gasteiger partial charge in [-0.15, -0.1) is 0 Å². The molecule has 0 radical (unpaired) electrons. The first kappa shape index (κ1) is 14.9. The average molecular weight is 231 g/mol. The molecule has 0 spiro atoms. The van der Waals surface area contributed by atoms with E-state index in [9.17, 15) is 9.59 Å². The fraction of sp³-hybridized carbons (Fsp3) is 0.818. The van der Waals surface area contributed by atoms with E-state index in [-0.39, 0.29) is 5.91 Å². The first-order valence-electron chi connectivity index (χ1n) is 5.48. The number of carboxylic acid groups (broad SMARTS) is 1. The Labute approximate surface area is 96.4 Å². The second kappa shape index (κ2) is 6.48. The lowest BCUT2D eigenvalue weighted by Gasteiger charge is -2.28. The highest BCUT2D eigenvalue weighted by Crippen LogP contribution is 2.18. The summed E-state index contributed by atoms with van der Waals surface area (Å²) in [5.74, 6) is -1.48. The Balaban J connectivity index is 4.47. The lowest BCUT2D eigenvalue weighted by atomic mass is 9.92. The molecule has 5 heteroatoms. The van der Waals surface area contributed by atoms with Gasteiger partial charge in [-0.1, -0.05) is 0 Å². The van der Waals surface area contributed by atoms with Crippen molar-refractivity contribution >= 4 is 11.9 Å². The second-order valence-corrected chi connectivity index (χ2v) is 4.01. The fourth-order valence-corrected chi connectivity index (χ4v) is 1.21. The Kier molecular flexibility index (Phi) is 6.03. The van der Waals surface area contributed by atoms with Gasteiger partial charge in [-0.25, -0.2) is 0 Å². The summed E-state index contributed by atoms with van der Waals surface area (Å²) in [6.45, 7) is 8.48. The third-order valence-corrected chi connectivity index (χ3v) is 2.45. The average Bonchev–Trinajstić information content (AvgIpc) is 2.23. The highest BCUT2D eigenvalue weighted by molar-refractivity contribution is 6.00. The van der Waals surface area contributed by atoms with E-state index in [0.717, 1.165) is 0 Å². The molecule has 0 aliphatic carbocycles. The Morgan fingerprint density at radius 2 is 1.88 bits per heavy atom. The molecule has 0 fully saturated rings. The molecule has 0 bridgehead atoms. The quantitative estimate of drug-likeness (QED) is 0.524. The SMILES string of the molecule is CCOCCN(CC)C(=O)C(C)(C)C(=O)O. The van der Waals surface area contributed by atoms with E-state index in [1.807, 2.05) is 13.8 Å². The van der Waals surface area contributed by atoms with Crippen molar-refractivity contribution in [3.63, 3.8) is 0 Å². The van der Waals surface area contributed by atoms with Crippen LogP contribution in [0.3, 0.4) is 0 Å². The molecule has 0 atom stereocenters. The molecule has 5 nitrogen and oxygen atoms in total. The van der Waals surface area contributed by atoms with Crippen LogP contribution in [0.15, 0.2) is 0 Å². The standard InChI is InChI=1S/C11H21NO4/c1-5-12(7-8-16-6-2)9(13)11(3,4)10(14)15/h5-8H2,1-4H3,(H,14,15). The smallest absolute Gasteiger partial charge is 0.318 e. The molecule has 0 rings (SSSR count). The van der Waals surface area contributed by atoms with E-state index in [1.54, 1.807) is 0 Å². The zero-order chi connectivity index (χ0) is 12.8. The van der Waals surface area contributed by atoms with E-state index in [1.165, 1.54) is 18.7 Å². The van der Waals surface area contributed by atoms with Crippen molar-refractivity contribution in [1.29, 1.82) is 0 Å². The topological polar surface area (TPSA) is 66.8 Å². The first-order valence-corrected chi connectivity index (χ1v) is 5.48. The lowest BCUT2D eigenvalue weighted by Crippen LogP contribution is -2.46. The summed E-state index contributed by atoms with van der Waals surface area (Å²) in [6.07, 6.45) is 0. The summed E-state index contributed by atoms with van der Waals surface area (Å²) < 4.78 is 5.15. The maximum atomic E-state index is 11.9. The molecule has 1 amide bonds. The molecule has 16 heavy (non-hydrogen) atoms. The van der Waals surface area contributed by atoms with Crippen molar-refractivity contribution in [2.45, 2.75) is 27.7 Å². The predicted molar refractivity (Wildman–Crippen MR) is 60.2 cm³/mol. The summed E-state index contributed by atoms with van der Waals surface area (Å²) >= 11 is 0. The zero-order valence-electron chi connectivity index (χ0n) is 10.4. The van der Waals surface area contributed by atoms with Crippen molar-refractivity contribution in [2.24, 2.45) is 5.41 Å². The van der Waals surface area contributed by atoms with Crippen LogP contribution in [-0.4, -0.2) is 48.2 Å². The number of nitrogens with zero attached hydrogens (tertiary/aromatic N) is 1. The van der Waals surface area contributed by atoms with Gasteiger partial charge in [0.15, 0.2) is 0 Å².